The third-order valence-corrected chi connectivity index (χ3v) is 1.97. The average molecular weight is 195 g/mol. The molecule has 78 valence electrons. The van der Waals surface area contributed by atoms with Crippen molar-refractivity contribution in [2.75, 3.05) is 6.61 Å². The van der Waals surface area contributed by atoms with Crippen LogP contribution in [-0.2, 0) is 5.41 Å². The fourth-order valence-corrected chi connectivity index (χ4v) is 1.05. The maximum absolute atomic E-state index is 8.88. The molecule has 0 aliphatic rings. The lowest BCUT2D eigenvalue weighted by molar-refractivity contribution is 0.263. The second-order valence-electron chi connectivity index (χ2n) is 4.34. The van der Waals surface area contributed by atoms with Gasteiger partial charge in [-0.3, -0.25) is 0 Å². The van der Waals surface area contributed by atoms with E-state index in [0.717, 1.165) is 5.69 Å². The summed E-state index contributed by atoms with van der Waals surface area (Å²) in [5.41, 5.74) is 6.55. The van der Waals surface area contributed by atoms with Crippen molar-refractivity contribution in [1.82, 2.24) is 9.97 Å². The van der Waals surface area contributed by atoms with Gasteiger partial charge in [0.2, 0.25) is 0 Å². The van der Waals surface area contributed by atoms with Crippen molar-refractivity contribution < 1.29 is 5.11 Å². The van der Waals surface area contributed by atoms with Gasteiger partial charge in [-0.15, -0.1) is 0 Å². The van der Waals surface area contributed by atoms with Crippen molar-refractivity contribution in [1.29, 1.82) is 0 Å². The summed E-state index contributed by atoms with van der Waals surface area (Å²) in [4.78, 5) is 8.35. The first-order chi connectivity index (χ1) is 6.45. The van der Waals surface area contributed by atoms with Crippen LogP contribution in [0.1, 0.15) is 38.3 Å². The lowest BCUT2D eigenvalue weighted by Gasteiger charge is -2.18. The lowest BCUT2D eigenvalue weighted by Crippen LogP contribution is -2.21. The summed E-state index contributed by atoms with van der Waals surface area (Å²) in [7, 11) is 0. The third-order valence-electron chi connectivity index (χ3n) is 1.97. The van der Waals surface area contributed by atoms with Gasteiger partial charge in [-0.25, -0.2) is 9.97 Å². The third kappa shape index (κ3) is 2.49. The Kier molecular flexibility index (Phi) is 3.18. The monoisotopic (exact) mass is 195 g/mol. The predicted octanol–water partition coefficient (Wildman–Crippen LogP) is 0.766. The highest BCUT2D eigenvalue weighted by Crippen LogP contribution is 2.19. The lowest BCUT2D eigenvalue weighted by atomic mass is 9.92. The zero-order valence-corrected chi connectivity index (χ0v) is 8.86. The molecule has 0 aromatic carbocycles. The van der Waals surface area contributed by atoms with Crippen LogP contribution in [0.2, 0.25) is 0 Å². The molecular weight excluding hydrogens is 178 g/mol. The van der Waals surface area contributed by atoms with Crippen molar-refractivity contribution >= 4 is 0 Å². The molecule has 0 bridgehead atoms. The van der Waals surface area contributed by atoms with E-state index in [2.05, 4.69) is 30.7 Å². The molecule has 1 aromatic rings. The van der Waals surface area contributed by atoms with E-state index < -0.39 is 6.04 Å². The molecule has 1 unspecified atom stereocenters. The van der Waals surface area contributed by atoms with E-state index in [1.54, 1.807) is 6.20 Å². The van der Waals surface area contributed by atoms with E-state index in [0.29, 0.717) is 5.82 Å². The number of rotatable bonds is 2. The standard InChI is InChI=1S/C10H17N3O/c1-10(2,3)8-4-5-12-9(13-8)7(11)6-14/h4-5,7,14H,6,11H2,1-3H3. The van der Waals surface area contributed by atoms with Crippen molar-refractivity contribution in [3.63, 3.8) is 0 Å². The van der Waals surface area contributed by atoms with E-state index in [1.165, 1.54) is 0 Å². The topological polar surface area (TPSA) is 72.0 Å². The summed E-state index contributed by atoms with van der Waals surface area (Å²) >= 11 is 0. The van der Waals surface area contributed by atoms with E-state index in [4.69, 9.17) is 10.8 Å². The normalized spacial score (nSPS) is 14.1. The van der Waals surface area contributed by atoms with Crippen molar-refractivity contribution in [3.8, 4) is 0 Å². The van der Waals surface area contributed by atoms with Gasteiger partial charge in [0.15, 0.2) is 0 Å². The zero-order chi connectivity index (χ0) is 10.8. The summed E-state index contributed by atoms with van der Waals surface area (Å²) in [6, 6.07) is 1.38. The first-order valence-electron chi connectivity index (χ1n) is 4.65. The number of aromatic nitrogens is 2. The molecule has 0 fully saturated rings. The molecule has 0 saturated heterocycles. The maximum Gasteiger partial charge on any atom is 0.147 e. The number of nitrogens with two attached hydrogens (primary N) is 1. The molecule has 0 amide bonds. The van der Waals surface area contributed by atoms with Crippen LogP contribution in [0.4, 0.5) is 0 Å². The molecule has 0 saturated carbocycles. The van der Waals surface area contributed by atoms with Crippen molar-refractivity contribution in [2.24, 2.45) is 5.73 Å². The molecular formula is C10H17N3O. The van der Waals surface area contributed by atoms with E-state index in [1.807, 2.05) is 6.07 Å². The molecule has 0 radical (unpaired) electrons. The van der Waals surface area contributed by atoms with Gasteiger partial charge in [-0.1, -0.05) is 20.8 Å². The number of hydrogen-bond donors (Lipinski definition) is 2. The second kappa shape index (κ2) is 4.02. The summed E-state index contributed by atoms with van der Waals surface area (Å²) in [6.07, 6.45) is 1.68. The molecule has 4 nitrogen and oxygen atoms in total. The fourth-order valence-electron chi connectivity index (χ4n) is 1.05. The molecule has 0 spiro atoms. The smallest absolute Gasteiger partial charge is 0.147 e. The van der Waals surface area contributed by atoms with Crippen LogP contribution in [0.5, 0.6) is 0 Å². The molecule has 1 heterocycles. The summed E-state index contributed by atoms with van der Waals surface area (Å²) in [6.45, 7) is 6.09. The van der Waals surface area contributed by atoms with Gasteiger partial charge in [0.1, 0.15) is 5.82 Å². The van der Waals surface area contributed by atoms with Crippen LogP contribution in [0, 0.1) is 0 Å². The molecule has 0 aliphatic carbocycles. The Morgan fingerprint density at radius 2 is 2.14 bits per heavy atom. The van der Waals surface area contributed by atoms with Crippen LogP contribution in [0.15, 0.2) is 12.3 Å². The highest BCUT2D eigenvalue weighted by atomic mass is 16.3. The van der Waals surface area contributed by atoms with Crippen LogP contribution >= 0.6 is 0 Å². The number of nitrogens with zero attached hydrogens (tertiary/aromatic N) is 2. The van der Waals surface area contributed by atoms with E-state index in [-0.39, 0.29) is 12.0 Å². The Labute approximate surface area is 84.2 Å². The zero-order valence-electron chi connectivity index (χ0n) is 8.86. The molecule has 3 N–H and O–H groups in total. The number of aliphatic hydroxyl groups excluding tert-OH is 1. The number of hydrogen-bond acceptors (Lipinski definition) is 4. The largest absolute Gasteiger partial charge is 0.394 e. The molecule has 1 rings (SSSR count). The van der Waals surface area contributed by atoms with Gasteiger partial charge >= 0.3 is 0 Å². The molecule has 0 aliphatic heterocycles. The number of aliphatic hydroxyl groups is 1. The predicted molar refractivity (Wildman–Crippen MR) is 54.7 cm³/mol. The van der Waals surface area contributed by atoms with Crippen LogP contribution in [0.3, 0.4) is 0 Å². The summed E-state index contributed by atoms with van der Waals surface area (Å²) in [5, 5.41) is 8.88. The van der Waals surface area contributed by atoms with Crippen LogP contribution in [-0.4, -0.2) is 21.7 Å². The van der Waals surface area contributed by atoms with Gasteiger partial charge in [0.25, 0.3) is 0 Å². The van der Waals surface area contributed by atoms with Gasteiger partial charge in [0.05, 0.1) is 12.6 Å². The van der Waals surface area contributed by atoms with Gasteiger partial charge in [-0.05, 0) is 6.07 Å². The Morgan fingerprint density at radius 1 is 1.50 bits per heavy atom. The minimum atomic E-state index is -0.489. The van der Waals surface area contributed by atoms with Gasteiger partial charge in [0, 0.05) is 17.3 Å². The average Bonchev–Trinajstić information content (AvgIpc) is 2.15. The Balaban J connectivity index is 3.01. The molecule has 1 atom stereocenters. The van der Waals surface area contributed by atoms with Crippen molar-refractivity contribution in [3.05, 3.63) is 23.8 Å². The fraction of sp³-hybridized carbons (Fsp3) is 0.600. The van der Waals surface area contributed by atoms with E-state index in [9.17, 15) is 0 Å². The molecule has 14 heavy (non-hydrogen) atoms. The summed E-state index contributed by atoms with van der Waals surface area (Å²) in [5.74, 6) is 0.500. The Hall–Kier alpha value is -1.00. The van der Waals surface area contributed by atoms with Gasteiger partial charge < -0.3 is 10.8 Å². The first-order valence-corrected chi connectivity index (χ1v) is 4.65. The van der Waals surface area contributed by atoms with Crippen molar-refractivity contribution in [2.45, 2.75) is 32.2 Å². The quantitative estimate of drug-likeness (QED) is 0.731. The molecule has 4 heteroatoms. The SMILES string of the molecule is CC(C)(C)c1ccnc(C(N)CO)n1. The Bertz CT molecular complexity index is 306. The first kappa shape index (κ1) is 11.1. The second-order valence-corrected chi connectivity index (χ2v) is 4.34. The van der Waals surface area contributed by atoms with Crippen LogP contribution < -0.4 is 5.73 Å². The molecule has 1 aromatic heterocycles. The highest BCUT2D eigenvalue weighted by molar-refractivity contribution is 5.13. The highest BCUT2D eigenvalue weighted by Gasteiger charge is 2.17. The van der Waals surface area contributed by atoms with Gasteiger partial charge in [-0.2, -0.15) is 0 Å². The summed E-state index contributed by atoms with van der Waals surface area (Å²) < 4.78 is 0. The minimum Gasteiger partial charge on any atom is -0.394 e. The Morgan fingerprint density at radius 3 is 2.64 bits per heavy atom. The maximum atomic E-state index is 8.88. The minimum absolute atomic E-state index is 0.0210. The van der Waals surface area contributed by atoms with Crippen LogP contribution in [0.25, 0.3) is 0 Å². The van der Waals surface area contributed by atoms with E-state index >= 15 is 0 Å².